The Morgan fingerprint density at radius 3 is 2.30 bits per heavy atom. The molecule has 3 nitrogen and oxygen atoms in total. The summed E-state index contributed by atoms with van der Waals surface area (Å²) in [6.07, 6.45) is 0.827. The van der Waals surface area contributed by atoms with E-state index in [2.05, 4.69) is 17.4 Å². The Bertz CT molecular complexity index is 496. The van der Waals surface area contributed by atoms with E-state index in [1.54, 1.807) is 7.11 Å². The third-order valence-electron chi connectivity index (χ3n) is 3.30. The first-order chi connectivity index (χ1) is 9.81. The van der Waals surface area contributed by atoms with Gasteiger partial charge in [0.05, 0.1) is 13.7 Å². The number of benzene rings is 2. The number of hydrogen-bond acceptors (Lipinski definition) is 3. The number of nitrogens with one attached hydrogen (secondary N) is 1. The molecule has 0 aromatic heterocycles. The van der Waals surface area contributed by atoms with Gasteiger partial charge in [0.25, 0.3) is 0 Å². The van der Waals surface area contributed by atoms with Gasteiger partial charge in [0.1, 0.15) is 5.75 Å². The van der Waals surface area contributed by atoms with Crippen LogP contribution in [0.2, 0.25) is 0 Å². The van der Waals surface area contributed by atoms with Crippen molar-refractivity contribution in [2.45, 2.75) is 19.0 Å². The highest BCUT2D eigenvalue weighted by Gasteiger charge is 2.07. The van der Waals surface area contributed by atoms with E-state index in [1.165, 1.54) is 11.1 Å². The van der Waals surface area contributed by atoms with Gasteiger partial charge in [-0.1, -0.05) is 42.5 Å². The van der Waals surface area contributed by atoms with Gasteiger partial charge in [-0.05, 0) is 29.7 Å². The van der Waals surface area contributed by atoms with Crippen LogP contribution in [0.4, 0.5) is 0 Å². The van der Waals surface area contributed by atoms with Crippen LogP contribution >= 0.6 is 0 Å². The quantitative estimate of drug-likeness (QED) is 0.812. The number of methoxy groups -OCH3 is 1. The predicted octanol–water partition coefficient (Wildman–Crippen LogP) is 2.39. The third kappa shape index (κ3) is 4.37. The summed E-state index contributed by atoms with van der Waals surface area (Å²) < 4.78 is 5.13. The summed E-state index contributed by atoms with van der Waals surface area (Å²) in [5.41, 5.74) is 2.41. The Labute approximate surface area is 120 Å². The van der Waals surface area contributed by atoms with Gasteiger partial charge in [-0.2, -0.15) is 0 Å². The molecular weight excluding hydrogens is 250 g/mol. The number of rotatable bonds is 7. The first-order valence-corrected chi connectivity index (χ1v) is 6.83. The molecule has 0 aliphatic heterocycles. The van der Waals surface area contributed by atoms with Crippen LogP contribution in [0.1, 0.15) is 11.1 Å². The van der Waals surface area contributed by atoms with Crippen molar-refractivity contribution in [3.63, 3.8) is 0 Å². The van der Waals surface area contributed by atoms with E-state index in [0.29, 0.717) is 0 Å². The second kappa shape index (κ2) is 7.68. The van der Waals surface area contributed by atoms with Crippen LogP contribution in [0.25, 0.3) is 0 Å². The molecule has 0 saturated carbocycles. The van der Waals surface area contributed by atoms with Crippen LogP contribution in [0.15, 0.2) is 54.6 Å². The smallest absolute Gasteiger partial charge is 0.118 e. The van der Waals surface area contributed by atoms with Gasteiger partial charge in [-0.3, -0.25) is 0 Å². The minimum atomic E-state index is 0.0690. The molecule has 0 heterocycles. The summed E-state index contributed by atoms with van der Waals surface area (Å²) in [7, 11) is 1.66. The fourth-order valence-corrected chi connectivity index (χ4v) is 2.11. The zero-order valence-electron chi connectivity index (χ0n) is 11.8. The summed E-state index contributed by atoms with van der Waals surface area (Å²) in [5, 5.41) is 12.8. The second-order valence-electron chi connectivity index (χ2n) is 4.80. The Balaban J connectivity index is 1.86. The molecule has 2 N–H and O–H groups in total. The lowest BCUT2D eigenvalue weighted by Crippen LogP contribution is -2.34. The van der Waals surface area contributed by atoms with E-state index in [-0.39, 0.29) is 12.6 Å². The molecule has 3 heteroatoms. The van der Waals surface area contributed by atoms with E-state index >= 15 is 0 Å². The minimum absolute atomic E-state index is 0.0690. The number of hydrogen-bond donors (Lipinski definition) is 2. The largest absolute Gasteiger partial charge is 0.497 e. The lowest BCUT2D eigenvalue weighted by Gasteiger charge is -2.16. The van der Waals surface area contributed by atoms with E-state index in [9.17, 15) is 5.11 Å². The van der Waals surface area contributed by atoms with Gasteiger partial charge in [-0.25, -0.2) is 0 Å². The SMILES string of the molecule is COc1ccc(CN[C@H](CO)Cc2ccccc2)cc1. The molecule has 0 aliphatic rings. The molecule has 2 rings (SSSR count). The molecule has 0 aliphatic carbocycles. The first-order valence-electron chi connectivity index (χ1n) is 6.83. The fourth-order valence-electron chi connectivity index (χ4n) is 2.11. The predicted molar refractivity (Wildman–Crippen MR) is 80.9 cm³/mol. The molecule has 0 unspecified atom stereocenters. The van der Waals surface area contributed by atoms with Crippen molar-refractivity contribution >= 4 is 0 Å². The van der Waals surface area contributed by atoms with Crippen LogP contribution in [-0.4, -0.2) is 24.9 Å². The number of aliphatic hydroxyl groups is 1. The normalized spacial score (nSPS) is 12.1. The zero-order chi connectivity index (χ0) is 14.2. The van der Waals surface area contributed by atoms with E-state index in [0.717, 1.165) is 18.7 Å². The van der Waals surface area contributed by atoms with Gasteiger partial charge >= 0.3 is 0 Å². The summed E-state index contributed by atoms with van der Waals surface area (Å²) in [5.74, 6) is 0.858. The average Bonchev–Trinajstić information content (AvgIpc) is 2.53. The fraction of sp³-hybridized carbons (Fsp3) is 0.294. The molecule has 20 heavy (non-hydrogen) atoms. The molecule has 2 aromatic rings. The van der Waals surface area contributed by atoms with Crippen LogP contribution in [0.5, 0.6) is 5.75 Å². The first kappa shape index (κ1) is 14.6. The Morgan fingerprint density at radius 1 is 1.00 bits per heavy atom. The molecule has 0 spiro atoms. The maximum absolute atomic E-state index is 9.47. The summed E-state index contributed by atoms with van der Waals surface area (Å²) in [4.78, 5) is 0. The van der Waals surface area contributed by atoms with Crippen LogP contribution in [0, 0.1) is 0 Å². The van der Waals surface area contributed by atoms with Crippen molar-refractivity contribution in [2.75, 3.05) is 13.7 Å². The average molecular weight is 271 g/mol. The maximum Gasteiger partial charge on any atom is 0.118 e. The van der Waals surface area contributed by atoms with E-state index in [4.69, 9.17) is 4.74 Å². The summed E-state index contributed by atoms with van der Waals surface area (Å²) in [6.45, 7) is 0.868. The molecule has 0 amide bonds. The molecule has 0 fully saturated rings. The van der Waals surface area contributed by atoms with Crippen LogP contribution in [-0.2, 0) is 13.0 Å². The molecular formula is C17H21NO2. The standard InChI is InChI=1S/C17H21NO2/c1-20-17-9-7-15(8-10-17)12-18-16(13-19)11-14-5-3-2-4-6-14/h2-10,16,18-19H,11-13H2,1H3/t16-/m0/s1. The monoisotopic (exact) mass is 271 g/mol. The minimum Gasteiger partial charge on any atom is -0.497 e. The maximum atomic E-state index is 9.47. The van der Waals surface area contributed by atoms with Crippen LogP contribution in [0.3, 0.4) is 0 Å². The molecule has 0 radical (unpaired) electrons. The summed E-state index contributed by atoms with van der Waals surface area (Å²) in [6, 6.07) is 18.2. The topological polar surface area (TPSA) is 41.5 Å². The third-order valence-corrected chi connectivity index (χ3v) is 3.30. The highest BCUT2D eigenvalue weighted by molar-refractivity contribution is 5.27. The Hall–Kier alpha value is -1.84. The van der Waals surface area contributed by atoms with Crippen molar-refractivity contribution in [1.82, 2.24) is 5.32 Å². The Kier molecular flexibility index (Phi) is 5.59. The molecule has 0 saturated heterocycles. The van der Waals surface area contributed by atoms with Crippen molar-refractivity contribution in [1.29, 1.82) is 0 Å². The number of aliphatic hydroxyl groups excluding tert-OH is 1. The van der Waals surface area contributed by atoms with Crippen molar-refractivity contribution in [3.05, 3.63) is 65.7 Å². The van der Waals surface area contributed by atoms with Gasteiger partial charge in [-0.15, -0.1) is 0 Å². The lowest BCUT2D eigenvalue weighted by molar-refractivity contribution is 0.241. The van der Waals surface area contributed by atoms with E-state index in [1.807, 2.05) is 42.5 Å². The van der Waals surface area contributed by atoms with Crippen molar-refractivity contribution in [2.24, 2.45) is 0 Å². The highest BCUT2D eigenvalue weighted by Crippen LogP contribution is 2.11. The van der Waals surface area contributed by atoms with Gasteiger partial charge in [0.15, 0.2) is 0 Å². The zero-order valence-corrected chi connectivity index (χ0v) is 11.8. The highest BCUT2D eigenvalue weighted by atomic mass is 16.5. The molecule has 106 valence electrons. The molecule has 1 atom stereocenters. The summed E-state index contributed by atoms with van der Waals surface area (Å²) >= 11 is 0. The van der Waals surface area contributed by atoms with Gasteiger partial charge in [0.2, 0.25) is 0 Å². The van der Waals surface area contributed by atoms with Gasteiger partial charge in [0, 0.05) is 12.6 Å². The Morgan fingerprint density at radius 2 is 1.70 bits per heavy atom. The van der Waals surface area contributed by atoms with Crippen molar-refractivity contribution < 1.29 is 9.84 Å². The van der Waals surface area contributed by atoms with Gasteiger partial charge < -0.3 is 15.2 Å². The number of ether oxygens (including phenoxy) is 1. The van der Waals surface area contributed by atoms with Crippen molar-refractivity contribution in [3.8, 4) is 5.75 Å². The molecule has 2 aromatic carbocycles. The lowest BCUT2D eigenvalue weighted by atomic mass is 10.1. The second-order valence-corrected chi connectivity index (χ2v) is 4.80. The molecule has 0 bridgehead atoms. The van der Waals surface area contributed by atoms with E-state index < -0.39 is 0 Å². The van der Waals surface area contributed by atoms with Crippen LogP contribution < -0.4 is 10.1 Å².